The molecule has 1 unspecified atom stereocenters. The largest absolute Gasteiger partial charge is 0.340 e. The van der Waals surface area contributed by atoms with Crippen LogP contribution in [0.3, 0.4) is 0 Å². The lowest BCUT2D eigenvalue weighted by Gasteiger charge is -2.45. The van der Waals surface area contributed by atoms with E-state index in [1.165, 1.54) is 4.31 Å². The summed E-state index contributed by atoms with van der Waals surface area (Å²) in [5, 5.41) is 1.68. The Morgan fingerprint density at radius 1 is 1.14 bits per heavy atom. The number of hydrogen-bond donors (Lipinski definition) is 0. The summed E-state index contributed by atoms with van der Waals surface area (Å²) in [7, 11) is -3.83. The Morgan fingerprint density at radius 3 is 2.50 bits per heavy atom. The molecule has 0 saturated carbocycles. The molecule has 0 radical (unpaired) electrons. The van der Waals surface area contributed by atoms with E-state index in [2.05, 4.69) is 9.97 Å². The summed E-state index contributed by atoms with van der Waals surface area (Å²) >= 11 is 1.10. The monoisotopic (exact) mass is 432 g/mol. The van der Waals surface area contributed by atoms with Crippen LogP contribution in [0.4, 0.5) is 19.1 Å². The van der Waals surface area contributed by atoms with Crippen LogP contribution in [0.25, 0.3) is 0 Å². The number of sulfonamides is 1. The maximum atomic E-state index is 15.0. The van der Waals surface area contributed by atoms with Crippen molar-refractivity contribution in [1.82, 2.24) is 14.3 Å². The lowest BCUT2D eigenvalue weighted by molar-refractivity contribution is -0.145. The number of aromatic nitrogens is 2. The highest BCUT2D eigenvalue weighted by Crippen LogP contribution is 2.51. The zero-order valence-electron chi connectivity index (χ0n) is 15.1. The van der Waals surface area contributed by atoms with Gasteiger partial charge in [-0.1, -0.05) is 0 Å². The quantitative estimate of drug-likeness (QED) is 0.746. The molecule has 152 valence electrons. The first-order valence-corrected chi connectivity index (χ1v) is 11.1. The molecular formula is C17H19F3N4O2S2. The van der Waals surface area contributed by atoms with E-state index in [-0.39, 0.29) is 42.8 Å². The summed E-state index contributed by atoms with van der Waals surface area (Å²) in [5.74, 6) is -3.45. The number of nitrogens with zero attached hydrogens (tertiary/aromatic N) is 4. The normalized spacial score (nSPS) is 25.5. The number of hydrogen-bond acceptors (Lipinski definition) is 6. The van der Waals surface area contributed by atoms with Crippen molar-refractivity contribution in [2.45, 2.75) is 29.9 Å². The molecule has 0 aromatic carbocycles. The molecule has 1 atom stereocenters. The van der Waals surface area contributed by atoms with E-state index in [1.807, 2.05) is 0 Å². The van der Waals surface area contributed by atoms with E-state index in [9.17, 15) is 21.6 Å². The van der Waals surface area contributed by atoms with Gasteiger partial charge in [-0.2, -0.15) is 4.31 Å². The SMILES string of the molecule is Cc1ccsc1S(=O)(=O)N1CCC(F)(F)C2(CCN(c3ncc(F)cn3)C2)C1. The van der Waals surface area contributed by atoms with Gasteiger partial charge in [0.1, 0.15) is 4.21 Å². The van der Waals surface area contributed by atoms with Gasteiger partial charge in [-0.25, -0.2) is 31.6 Å². The van der Waals surface area contributed by atoms with Crippen LogP contribution in [0.2, 0.25) is 0 Å². The predicted octanol–water partition coefficient (Wildman–Crippen LogP) is 2.91. The van der Waals surface area contributed by atoms with Crippen molar-refractivity contribution < 1.29 is 21.6 Å². The van der Waals surface area contributed by atoms with E-state index in [1.54, 1.807) is 23.3 Å². The molecule has 28 heavy (non-hydrogen) atoms. The van der Waals surface area contributed by atoms with E-state index < -0.39 is 33.6 Å². The van der Waals surface area contributed by atoms with Crippen LogP contribution in [-0.4, -0.2) is 54.8 Å². The van der Waals surface area contributed by atoms with E-state index >= 15 is 0 Å². The molecule has 0 amide bonds. The molecule has 0 N–H and O–H groups in total. The average molecular weight is 432 g/mol. The summed E-state index contributed by atoms with van der Waals surface area (Å²) in [6.45, 7) is 1.38. The highest BCUT2D eigenvalue weighted by molar-refractivity contribution is 7.91. The number of alkyl halides is 2. The topological polar surface area (TPSA) is 66.4 Å². The van der Waals surface area contributed by atoms with Gasteiger partial charge in [0.05, 0.1) is 17.8 Å². The molecule has 4 heterocycles. The third kappa shape index (κ3) is 3.09. The van der Waals surface area contributed by atoms with Crippen molar-refractivity contribution in [3.05, 3.63) is 35.2 Å². The molecule has 0 bridgehead atoms. The van der Waals surface area contributed by atoms with Crippen molar-refractivity contribution >= 4 is 27.3 Å². The molecule has 6 nitrogen and oxygen atoms in total. The third-order valence-corrected chi connectivity index (χ3v) is 9.07. The molecule has 11 heteroatoms. The zero-order chi connectivity index (χ0) is 20.2. The molecule has 2 aliphatic heterocycles. The second-order valence-corrected chi connectivity index (χ2v) is 10.4. The van der Waals surface area contributed by atoms with Crippen LogP contribution in [0.5, 0.6) is 0 Å². The Balaban J connectivity index is 1.62. The summed E-state index contributed by atoms with van der Waals surface area (Å²) in [5.41, 5.74) is -0.912. The highest BCUT2D eigenvalue weighted by atomic mass is 32.2. The van der Waals surface area contributed by atoms with Crippen molar-refractivity contribution in [2.24, 2.45) is 5.41 Å². The van der Waals surface area contributed by atoms with Gasteiger partial charge < -0.3 is 4.90 Å². The zero-order valence-corrected chi connectivity index (χ0v) is 16.7. The van der Waals surface area contributed by atoms with Gasteiger partial charge in [-0.3, -0.25) is 0 Å². The Kier molecular flexibility index (Phi) is 4.66. The molecule has 2 fully saturated rings. The number of halogens is 3. The highest BCUT2D eigenvalue weighted by Gasteiger charge is 2.61. The first-order valence-electron chi connectivity index (χ1n) is 8.79. The van der Waals surface area contributed by atoms with Crippen molar-refractivity contribution in [1.29, 1.82) is 0 Å². The lowest BCUT2D eigenvalue weighted by Crippen LogP contribution is -2.58. The van der Waals surface area contributed by atoms with Crippen LogP contribution in [0, 0.1) is 18.2 Å². The van der Waals surface area contributed by atoms with Crippen LogP contribution >= 0.6 is 11.3 Å². The maximum Gasteiger partial charge on any atom is 0.257 e. The average Bonchev–Trinajstić information content (AvgIpc) is 3.26. The minimum absolute atomic E-state index is 0.0823. The second kappa shape index (κ2) is 6.67. The number of anilines is 1. The molecule has 1 spiro atoms. The Bertz CT molecular complexity index is 981. The second-order valence-electron chi connectivity index (χ2n) is 7.34. The summed E-state index contributed by atoms with van der Waals surface area (Å²) in [6.07, 6.45) is 1.55. The third-order valence-electron chi connectivity index (χ3n) is 5.56. The molecule has 2 saturated heterocycles. The van der Waals surface area contributed by atoms with Crippen molar-refractivity contribution in [3.8, 4) is 0 Å². The molecule has 0 aliphatic carbocycles. The van der Waals surface area contributed by atoms with Gasteiger partial charge in [0.2, 0.25) is 5.95 Å². The standard InChI is InChI=1S/C17H19F3N4O2S2/c1-12-2-7-27-14(12)28(25,26)24-6-4-17(19,20)16(11-24)3-5-23(10-16)15-21-8-13(18)9-22-15/h2,7-9H,3-6,10-11H2,1H3. The minimum atomic E-state index is -3.83. The summed E-state index contributed by atoms with van der Waals surface area (Å²) in [6, 6.07) is 1.70. The summed E-state index contributed by atoms with van der Waals surface area (Å²) < 4.78 is 70.4. The Labute approximate surface area is 165 Å². The smallest absolute Gasteiger partial charge is 0.257 e. The van der Waals surface area contributed by atoms with E-state index in [4.69, 9.17) is 0 Å². The number of thiophene rings is 1. The maximum absolute atomic E-state index is 15.0. The van der Waals surface area contributed by atoms with Gasteiger partial charge in [-0.05, 0) is 30.4 Å². The van der Waals surface area contributed by atoms with Gasteiger partial charge in [-0.15, -0.1) is 11.3 Å². The van der Waals surface area contributed by atoms with Crippen LogP contribution in [-0.2, 0) is 10.0 Å². The summed E-state index contributed by atoms with van der Waals surface area (Å²) in [4.78, 5) is 9.31. The van der Waals surface area contributed by atoms with Crippen LogP contribution < -0.4 is 4.90 Å². The minimum Gasteiger partial charge on any atom is -0.340 e. The number of aryl methyl sites for hydroxylation is 1. The lowest BCUT2D eigenvalue weighted by atomic mass is 9.76. The fourth-order valence-corrected chi connectivity index (χ4v) is 7.02. The molecule has 2 aliphatic rings. The van der Waals surface area contributed by atoms with Gasteiger partial charge in [0, 0.05) is 32.6 Å². The van der Waals surface area contributed by atoms with Gasteiger partial charge >= 0.3 is 0 Å². The van der Waals surface area contributed by atoms with E-state index in [0.29, 0.717) is 5.56 Å². The molecule has 4 rings (SSSR count). The first-order chi connectivity index (χ1) is 13.1. The van der Waals surface area contributed by atoms with E-state index in [0.717, 1.165) is 23.7 Å². The fourth-order valence-electron chi connectivity index (χ4n) is 3.95. The van der Waals surface area contributed by atoms with Crippen LogP contribution in [0.15, 0.2) is 28.0 Å². The number of rotatable bonds is 3. The predicted molar refractivity (Wildman–Crippen MR) is 98.6 cm³/mol. The van der Waals surface area contributed by atoms with Crippen molar-refractivity contribution in [3.63, 3.8) is 0 Å². The molecule has 2 aromatic heterocycles. The van der Waals surface area contributed by atoms with Crippen LogP contribution in [0.1, 0.15) is 18.4 Å². The molecule has 2 aromatic rings. The fraction of sp³-hybridized carbons (Fsp3) is 0.529. The van der Waals surface area contributed by atoms with Gasteiger partial charge in [0.15, 0.2) is 5.82 Å². The van der Waals surface area contributed by atoms with Gasteiger partial charge in [0.25, 0.3) is 15.9 Å². The Hall–Kier alpha value is -1.72. The number of piperidine rings is 1. The van der Waals surface area contributed by atoms with Crippen molar-refractivity contribution in [2.75, 3.05) is 31.1 Å². The Morgan fingerprint density at radius 2 is 1.86 bits per heavy atom. The molecular weight excluding hydrogens is 413 g/mol. The first kappa shape index (κ1) is 19.6.